The Morgan fingerprint density at radius 2 is 1.92 bits per heavy atom. The monoisotopic (exact) mass is 382 g/mol. The fourth-order valence-corrected chi connectivity index (χ4v) is 3.57. The van der Waals surface area contributed by atoms with Gasteiger partial charge in [-0.25, -0.2) is 13.8 Å². The highest BCUT2D eigenvalue weighted by Crippen LogP contribution is 2.36. The molecule has 3 atom stereocenters. The number of fused-ring (bicyclic) bond motifs is 1. The van der Waals surface area contributed by atoms with Crippen LogP contribution in [0.2, 0.25) is 0 Å². The Kier molecular flexibility index (Phi) is 6.28. The number of nitrogens with one attached hydrogen (secondary N) is 2. The van der Waals surface area contributed by atoms with Crippen molar-refractivity contribution in [3.8, 4) is 11.4 Å². The topological polar surface area (TPSA) is 85.1 Å². The second-order valence-electron chi connectivity index (χ2n) is 6.47. The van der Waals surface area contributed by atoms with E-state index >= 15 is 0 Å². The van der Waals surface area contributed by atoms with Gasteiger partial charge in [0, 0.05) is 29.8 Å². The van der Waals surface area contributed by atoms with Gasteiger partial charge in [0.25, 0.3) is 0 Å². The van der Waals surface area contributed by atoms with Gasteiger partial charge in [0.05, 0.1) is 11.9 Å². The first-order valence-corrected chi connectivity index (χ1v) is 8.11. The summed E-state index contributed by atoms with van der Waals surface area (Å²) >= 11 is 0. The van der Waals surface area contributed by atoms with E-state index in [1.54, 1.807) is 12.4 Å². The van der Waals surface area contributed by atoms with E-state index < -0.39 is 5.82 Å². The van der Waals surface area contributed by atoms with Gasteiger partial charge in [0.2, 0.25) is 0 Å². The molecule has 1 saturated heterocycles. The van der Waals surface area contributed by atoms with Crippen LogP contribution in [0, 0.1) is 11.6 Å². The summed E-state index contributed by atoms with van der Waals surface area (Å²) < 4.78 is 27.7. The van der Waals surface area contributed by atoms with Gasteiger partial charge < -0.3 is 15.8 Å². The number of H-pyrrole nitrogens is 1. The number of piperidine rings is 1. The Labute approximate surface area is 156 Å². The summed E-state index contributed by atoms with van der Waals surface area (Å²) in [6.45, 7) is 2.05. The smallest absolute Gasteiger partial charge is 0.128 e. The lowest BCUT2D eigenvalue weighted by Crippen LogP contribution is -2.38. The number of aromatic amines is 1. The van der Waals surface area contributed by atoms with Crippen LogP contribution in [0.15, 0.2) is 36.7 Å². The second kappa shape index (κ2) is 8.07. The lowest BCUT2D eigenvalue weighted by molar-refractivity contribution is 0.294. The van der Waals surface area contributed by atoms with E-state index in [0.29, 0.717) is 12.0 Å². The molecule has 5 nitrogen and oxygen atoms in total. The third-order valence-corrected chi connectivity index (χ3v) is 4.68. The fourth-order valence-electron chi connectivity index (χ4n) is 3.57. The van der Waals surface area contributed by atoms with Crippen molar-refractivity contribution >= 4 is 12.4 Å². The van der Waals surface area contributed by atoms with Crippen LogP contribution in [0.1, 0.15) is 43.1 Å². The molecule has 0 aromatic heterocycles. The third kappa shape index (κ3) is 3.85. The maximum absolute atomic E-state index is 14.1. The van der Waals surface area contributed by atoms with Gasteiger partial charge >= 0.3 is 0 Å². The highest BCUT2D eigenvalue weighted by atomic mass is 35.5. The molecule has 26 heavy (non-hydrogen) atoms. The van der Waals surface area contributed by atoms with E-state index in [2.05, 4.69) is 27.2 Å². The minimum Gasteiger partial charge on any atom is -0.412 e. The molecule has 0 bridgehead atoms. The van der Waals surface area contributed by atoms with E-state index in [1.165, 1.54) is 12.1 Å². The molecule has 0 saturated carbocycles. The van der Waals surface area contributed by atoms with Crippen LogP contribution >= 0.6 is 12.4 Å². The van der Waals surface area contributed by atoms with Crippen molar-refractivity contribution in [3.05, 3.63) is 59.7 Å². The molecular formula is C18H21ClF2N4O. The Bertz CT molecular complexity index is 844. The first kappa shape index (κ1) is 20.2. The molecular weight excluding hydrogens is 362 g/mol. The normalized spacial score (nSPS) is 22.5. The lowest BCUT2D eigenvalue weighted by Gasteiger charge is -2.35. The van der Waals surface area contributed by atoms with Gasteiger partial charge in [-0.2, -0.15) is 0 Å². The SMILES string of the molecule is CC1CC(c2ncc3nccc-3[nH]2)CC(c2cc(F)ccc2F)N1.Cl.O. The van der Waals surface area contributed by atoms with Crippen LogP contribution in [0.25, 0.3) is 11.4 Å². The zero-order valence-electron chi connectivity index (χ0n) is 14.2. The summed E-state index contributed by atoms with van der Waals surface area (Å²) in [5, 5.41) is 3.37. The molecule has 0 radical (unpaired) electrons. The minimum absolute atomic E-state index is 0. The number of hydrogen-bond acceptors (Lipinski definition) is 3. The van der Waals surface area contributed by atoms with Crippen LogP contribution in [0.5, 0.6) is 0 Å². The minimum atomic E-state index is -0.419. The number of rotatable bonds is 2. The Hall–Kier alpha value is -2.09. The van der Waals surface area contributed by atoms with Gasteiger partial charge in [0.1, 0.15) is 23.2 Å². The molecule has 8 heteroatoms. The summed E-state index contributed by atoms with van der Waals surface area (Å²) in [5.41, 5.74) is 2.15. The van der Waals surface area contributed by atoms with Crippen molar-refractivity contribution in [2.24, 2.45) is 0 Å². The summed E-state index contributed by atoms with van der Waals surface area (Å²) in [6.07, 6.45) is 5.04. The molecule has 1 fully saturated rings. The highest BCUT2D eigenvalue weighted by Gasteiger charge is 2.31. The van der Waals surface area contributed by atoms with Crippen molar-refractivity contribution in [3.63, 3.8) is 0 Å². The predicted molar refractivity (Wildman–Crippen MR) is 97.5 cm³/mol. The fraction of sp³-hybridized carbons (Fsp3) is 0.333. The molecule has 3 aliphatic rings. The third-order valence-electron chi connectivity index (χ3n) is 4.68. The number of hydrogen-bond donors (Lipinski definition) is 2. The van der Waals surface area contributed by atoms with Crippen LogP contribution in [-0.2, 0) is 0 Å². The largest absolute Gasteiger partial charge is 0.412 e. The molecule has 140 valence electrons. The maximum atomic E-state index is 14.1. The van der Waals surface area contributed by atoms with Gasteiger partial charge in [-0.1, -0.05) is 0 Å². The van der Waals surface area contributed by atoms with Crippen LogP contribution < -0.4 is 5.32 Å². The van der Waals surface area contributed by atoms with Crippen LogP contribution in [0.3, 0.4) is 0 Å². The average molecular weight is 383 g/mol. The van der Waals surface area contributed by atoms with E-state index in [0.717, 1.165) is 29.7 Å². The van der Waals surface area contributed by atoms with Crippen LogP contribution in [0.4, 0.5) is 8.78 Å². The maximum Gasteiger partial charge on any atom is 0.128 e. The standard InChI is InChI=1S/C18H18F2N4.ClH.H2O/c1-10-6-11(18-22-9-17-15(24-18)4-5-21-17)7-16(23-10)13-8-12(19)2-3-14(13)20;;/h2-5,8-11,16,23H,6-7H2,1H3,(H,22,24);1H;1H2. The molecule has 3 aliphatic heterocycles. The Balaban J connectivity index is 0.00000121. The first-order chi connectivity index (χ1) is 11.6. The number of benzene rings is 1. The molecule has 0 aliphatic carbocycles. The molecule has 3 heterocycles. The number of halogens is 3. The number of nitrogens with zero attached hydrogens (tertiary/aromatic N) is 2. The van der Waals surface area contributed by atoms with Crippen molar-refractivity contribution in [2.75, 3.05) is 0 Å². The quantitative estimate of drug-likeness (QED) is 0.712. The van der Waals surface area contributed by atoms with E-state index in [4.69, 9.17) is 0 Å². The van der Waals surface area contributed by atoms with E-state index in [1.807, 2.05) is 6.07 Å². The summed E-state index contributed by atoms with van der Waals surface area (Å²) in [7, 11) is 0. The second-order valence-corrected chi connectivity index (χ2v) is 6.47. The van der Waals surface area contributed by atoms with Gasteiger partial charge in [-0.3, -0.25) is 4.98 Å². The van der Waals surface area contributed by atoms with Crippen molar-refractivity contribution in [2.45, 2.75) is 37.8 Å². The van der Waals surface area contributed by atoms with E-state index in [9.17, 15) is 8.78 Å². The molecule has 4 rings (SSSR count). The molecule has 4 N–H and O–H groups in total. The lowest BCUT2D eigenvalue weighted by atomic mass is 9.84. The summed E-state index contributed by atoms with van der Waals surface area (Å²) in [6, 6.07) is 5.47. The molecule has 0 amide bonds. The number of aromatic nitrogens is 3. The predicted octanol–water partition coefficient (Wildman–Crippen LogP) is 3.38. The Morgan fingerprint density at radius 3 is 2.73 bits per heavy atom. The van der Waals surface area contributed by atoms with Gasteiger partial charge in [-0.05, 0) is 44.0 Å². The molecule has 1 aromatic rings. The van der Waals surface area contributed by atoms with Crippen molar-refractivity contribution in [1.29, 1.82) is 0 Å². The van der Waals surface area contributed by atoms with Crippen molar-refractivity contribution in [1.82, 2.24) is 20.3 Å². The zero-order valence-corrected chi connectivity index (χ0v) is 15.0. The van der Waals surface area contributed by atoms with Gasteiger partial charge in [-0.15, -0.1) is 12.4 Å². The van der Waals surface area contributed by atoms with Gasteiger partial charge in [0.15, 0.2) is 0 Å². The summed E-state index contributed by atoms with van der Waals surface area (Å²) in [4.78, 5) is 12.0. The highest BCUT2D eigenvalue weighted by molar-refractivity contribution is 5.85. The first-order valence-electron chi connectivity index (χ1n) is 8.11. The molecule has 0 spiro atoms. The zero-order chi connectivity index (χ0) is 16.7. The molecule has 3 unspecified atom stereocenters. The average Bonchev–Trinajstić information content (AvgIpc) is 3.04. The molecule has 1 aromatic carbocycles. The van der Waals surface area contributed by atoms with Crippen LogP contribution in [-0.4, -0.2) is 26.5 Å². The van der Waals surface area contributed by atoms with E-state index in [-0.39, 0.29) is 41.7 Å². The Morgan fingerprint density at radius 1 is 1.12 bits per heavy atom. The van der Waals surface area contributed by atoms with Crippen molar-refractivity contribution < 1.29 is 14.3 Å². The summed E-state index contributed by atoms with van der Waals surface area (Å²) in [5.74, 6) is 0.213.